The van der Waals surface area contributed by atoms with Crippen LogP contribution in [0.3, 0.4) is 0 Å². The predicted molar refractivity (Wildman–Crippen MR) is 81.7 cm³/mol. The monoisotopic (exact) mass is 333 g/mol. The molecule has 0 bridgehead atoms. The number of carbonyl (C=O) groups excluding carboxylic acids is 1. The molecule has 7 heteroatoms. The number of hydrogen-bond acceptors (Lipinski definition) is 3. The fraction of sp³-hybridized carbons (Fsp3) is 0.0588. The lowest BCUT2D eigenvalue weighted by Gasteiger charge is -2.08. The summed E-state index contributed by atoms with van der Waals surface area (Å²) in [6, 6.07) is 11.8. The van der Waals surface area contributed by atoms with E-state index < -0.39 is 35.0 Å². The number of aliphatic carboxylic acids is 1. The number of carboxylic acid groups (broad SMARTS) is 1. The van der Waals surface area contributed by atoms with Crippen molar-refractivity contribution in [2.75, 3.05) is 0 Å². The fourth-order valence-corrected chi connectivity index (χ4v) is 1.81. The van der Waals surface area contributed by atoms with Crippen LogP contribution in [0.1, 0.15) is 11.1 Å². The zero-order valence-electron chi connectivity index (χ0n) is 12.3. The summed E-state index contributed by atoms with van der Waals surface area (Å²) in [7, 11) is 0. The number of alkyl carbamates (subject to hydrolysis) is 1. The van der Waals surface area contributed by atoms with Crippen LogP contribution in [0, 0.1) is 11.6 Å². The molecule has 0 atom stereocenters. The van der Waals surface area contributed by atoms with Gasteiger partial charge in [0.1, 0.15) is 23.9 Å². The highest BCUT2D eigenvalue weighted by atomic mass is 19.1. The van der Waals surface area contributed by atoms with Crippen LogP contribution in [-0.2, 0) is 16.1 Å². The molecule has 0 radical (unpaired) electrons. The van der Waals surface area contributed by atoms with Crippen molar-refractivity contribution in [3.05, 3.63) is 77.0 Å². The molecule has 1 amide bonds. The Morgan fingerprint density at radius 3 is 2.25 bits per heavy atom. The van der Waals surface area contributed by atoms with E-state index in [1.807, 2.05) is 5.32 Å². The van der Waals surface area contributed by atoms with Gasteiger partial charge in [0.2, 0.25) is 0 Å². The van der Waals surface area contributed by atoms with Gasteiger partial charge in [-0.15, -0.1) is 0 Å². The van der Waals surface area contributed by atoms with Crippen molar-refractivity contribution in [1.82, 2.24) is 5.32 Å². The summed E-state index contributed by atoms with van der Waals surface area (Å²) in [5.41, 5.74) is -0.580. The first kappa shape index (κ1) is 17.1. The van der Waals surface area contributed by atoms with Crippen molar-refractivity contribution in [2.45, 2.75) is 6.61 Å². The van der Waals surface area contributed by atoms with Crippen LogP contribution in [0.2, 0.25) is 0 Å². The van der Waals surface area contributed by atoms with Crippen molar-refractivity contribution in [3.8, 4) is 0 Å². The molecule has 0 spiro atoms. The molecule has 0 heterocycles. The number of amides is 1. The largest absolute Gasteiger partial charge is 0.477 e. The molecule has 124 valence electrons. The molecule has 0 aliphatic heterocycles. The number of halogens is 2. The highest BCUT2D eigenvalue weighted by molar-refractivity contribution is 5.95. The van der Waals surface area contributed by atoms with Gasteiger partial charge >= 0.3 is 12.1 Å². The maximum atomic E-state index is 13.6. The van der Waals surface area contributed by atoms with Gasteiger partial charge in [-0.25, -0.2) is 18.4 Å². The van der Waals surface area contributed by atoms with Crippen LogP contribution in [0.4, 0.5) is 13.6 Å². The Bertz CT molecular complexity index is 755. The predicted octanol–water partition coefficient (Wildman–Crippen LogP) is 3.32. The molecule has 0 aliphatic carbocycles. The van der Waals surface area contributed by atoms with E-state index in [4.69, 9.17) is 9.84 Å². The number of hydrogen-bond donors (Lipinski definition) is 2. The molecule has 0 fully saturated rings. The Morgan fingerprint density at radius 2 is 1.67 bits per heavy atom. The molecule has 0 saturated carbocycles. The summed E-state index contributed by atoms with van der Waals surface area (Å²) in [6.45, 7) is -0.0758. The molecule has 0 aliphatic rings. The number of nitrogens with one attached hydrogen (secondary N) is 1. The van der Waals surface area contributed by atoms with Crippen LogP contribution < -0.4 is 5.32 Å². The molecule has 2 rings (SSSR count). The minimum absolute atomic E-state index is 0.0758. The van der Waals surface area contributed by atoms with Crippen LogP contribution in [-0.4, -0.2) is 17.2 Å². The molecule has 5 nitrogen and oxygen atoms in total. The Kier molecular flexibility index (Phi) is 5.62. The number of ether oxygens (including phenoxy) is 1. The van der Waals surface area contributed by atoms with Crippen molar-refractivity contribution >= 4 is 18.1 Å². The smallest absolute Gasteiger partial charge is 0.412 e. The Labute approximate surface area is 136 Å². The lowest BCUT2D eigenvalue weighted by atomic mass is 10.1. The average molecular weight is 333 g/mol. The maximum Gasteiger partial charge on any atom is 0.412 e. The first-order chi connectivity index (χ1) is 11.5. The lowest BCUT2D eigenvalue weighted by Crippen LogP contribution is -2.27. The molecule has 0 saturated heterocycles. The number of carbonyl (C=O) groups is 2. The topological polar surface area (TPSA) is 75.6 Å². The van der Waals surface area contributed by atoms with E-state index in [0.717, 1.165) is 18.2 Å². The minimum Gasteiger partial charge on any atom is -0.477 e. The van der Waals surface area contributed by atoms with E-state index in [9.17, 15) is 18.4 Å². The SMILES string of the molecule is O=C(N/C(=C/c1c(F)cccc1F)C(=O)O)OCc1ccccc1. The molecule has 2 aromatic carbocycles. The first-order valence-corrected chi connectivity index (χ1v) is 6.84. The quantitative estimate of drug-likeness (QED) is 0.823. The van der Waals surface area contributed by atoms with E-state index in [2.05, 4.69) is 0 Å². The van der Waals surface area contributed by atoms with Gasteiger partial charge in [0.05, 0.1) is 0 Å². The van der Waals surface area contributed by atoms with E-state index >= 15 is 0 Å². The van der Waals surface area contributed by atoms with Crippen molar-refractivity contribution in [3.63, 3.8) is 0 Å². The van der Waals surface area contributed by atoms with Crippen LogP contribution in [0.5, 0.6) is 0 Å². The van der Waals surface area contributed by atoms with Crippen LogP contribution in [0.15, 0.2) is 54.2 Å². The fourth-order valence-electron chi connectivity index (χ4n) is 1.81. The van der Waals surface area contributed by atoms with Gasteiger partial charge in [-0.05, 0) is 23.8 Å². The van der Waals surface area contributed by atoms with Crippen LogP contribution in [0.25, 0.3) is 6.08 Å². The Hall–Kier alpha value is -3.22. The average Bonchev–Trinajstić information content (AvgIpc) is 2.56. The highest BCUT2D eigenvalue weighted by Gasteiger charge is 2.15. The van der Waals surface area contributed by atoms with Gasteiger partial charge in [-0.2, -0.15) is 0 Å². The summed E-state index contributed by atoms with van der Waals surface area (Å²) < 4.78 is 32.0. The summed E-state index contributed by atoms with van der Waals surface area (Å²) >= 11 is 0. The second-order valence-electron chi connectivity index (χ2n) is 4.69. The molecule has 24 heavy (non-hydrogen) atoms. The van der Waals surface area contributed by atoms with E-state index in [0.29, 0.717) is 11.6 Å². The third kappa shape index (κ3) is 4.64. The number of rotatable bonds is 5. The Morgan fingerprint density at radius 1 is 1.04 bits per heavy atom. The normalized spacial score (nSPS) is 11.0. The Balaban J connectivity index is 2.10. The number of benzene rings is 2. The van der Waals surface area contributed by atoms with Crippen molar-refractivity contribution in [2.24, 2.45) is 0 Å². The highest BCUT2D eigenvalue weighted by Crippen LogP contribution is 2.15. The zero-order chi connectivity index (χ0) is 17.5. The second-order valence-corrected chi connectivity index (χ2v) is 4.69. The van der Waals surface area contributed by atoms with Crippen LogP contribution >= 0.6 is 0 Å². The van der Waals surface area contributed by atoms with E-state index in [1.165, 1.54) is 0 Å². The first-order valence-electron chi connectivity index (χ1n) is 6.84. The summed E-state index contributed by atoms with van der Waals surface area (Å²) in [5.74, 6) is -3.46. The summed E-state index contributed by atoms with van der Waals surface area (Å²) in [5, 5.41) is 11.0. The summed E-state index contributed by atoms with van der Waals surface area (Å²) in [4.78, 5) is 22.8. The molecule has 0 aromatic heterocycles. The van der Waals surface area contributed by atoms with Gasteiger partial charge in [-0.3, -0.25) is 5.32 Å². The number of carboxylic acids is 1. The standard InChI is InChI=1S/C17H13F2NO4/c18-13-7-4-8-14(19)12(13)9-15(16(21)22)20-17(23)24-10-11-5-2-1-3-6-11/h1-9H,10H2,(H,20,23)(H,21,22)/b15-9+. The van der Waals surface area contributed by atoms with E-state index in [1.54, 1.807) is 30.3 Å². The lowest BCUT2D eigenvalue weighted by molar-refractivity contribution is -0.132. The molecular formula is C17H13F2NO4. The van der Waals surface area contributed by atoms with Gasteiger partial charge in [0, 0.05) is 5.56 Å². The molecular weight excluding hydrogens is 320 g/mol. The van der Waals surface area contributed by atoms with Crippen molar-refractivity contribution < 1.29 is 28.2 Å². The molecule has 2 N–H and O–H groups in total. The zero-order valence-corrected chi connectivity index (χ0v) is 12.3. The third-order valence-corrected chi connectivity index (χ3v) is 2.97. The van der Waals surface area contributed by atoms with Crippen molar-refractivity contribution in [1.29, 1.82) is 0 Å². The van der Waals surface area contributed by atoms with Gasteiger partial charge in [-0.1, -0.05) is 36.4 Å². The van der Waals surface area contributed by atoms with Gasteiger partial charge < -0.3 is 9.84 Å². The maximum absolute atomic E-state index is 13.6. The minimum atomic E-state index is -1.56. The van der Waals surface area contributed by atoms with Gasteiger partial charge in [0.15, 0.2) is 0 Å². The van der Waals surface area contributed by atoms with E-state index in [-0.39, 0.29) is 6.61 Å². The molecule has 0 unspecified atom stereocenters. The second kappa shape index (κ2) is 7.87. The summed E-state index contributed by atoms with van der Waals surface area (Å²) in [6.07, 6.45) is -0.360. The third-order valence-electron chi connectivity index (χ3n) is 2.97. The van der Waals surface area contributed by atoms with Gasteiger partial charge in [0.25, 0.3) is 0 Å². The molecule has 2 aromatic rings.